The van der Waals surface area contributed by atoms with Crippen molar-refractivity contribution in [1.29, 1.82) is 0 Å². The summed E-state index contributed by atoms with van der Waals surface area (Å²) in [5.41, 5.74) is -0.163. The minimum Gasteiger partial charge on any atom is -0.411 e. The van der Waals surface area contributed by atoms with Gasteiger partial charge in [0.15, 0.2) is 0 Å². The van der Waals surface area contributed by atoms with Crippen LogP contribution in [0.5, 0.6) is 0 Å². The van der Waals surface area contributed by atoms with Gasteiger partial charge in [-0.3, -0.25) is 0 Å². The molecule has 0 aliphatic heterocycles. The van der Waals surface area contributed by atoms with Crippen LogP contribution in [0.25, 0.3) is 0 Å². The zero-order valence-corrected chi connectivity index (χ0v) is 6.09. The van der Waals surface area contributed by atoms with Crippen molar-refractivity contribution in [3.05, 3.63) is 0 Å². The van der Waals surface area contributed by atoms with E-state index in [1.807, 2.05) is 13.8 Å². The molecule has 0 aliphatic carbocycles. The van der Waals surface area contributed by atoms with Gasteiger partial charge in [-0.1, -0.05) is 13.8 Å². The van der Waals surface area contributed by atoms with Gasteiger partial charge in [-0.2, -0.15) is 0 Å². The molecule has 0 atom stereocenters. The summed E-state index contributed by atoms with van der Waals surface area (Å²) in [5.74, 6) is 0. The van der Waals surface area contributed by atoms with Crippen LogP contribution >= 0.6 is 0 Å². The molecule has 0 saturated heterocycles. The number of methoxy groups -OCH3 is 1. The first-order chi connectivity index (χ1) is 4.12. The van der Waals surface area contributed by atoms with Gasteiger partial charge in [0, 0.05) is 12.5 Å². The Morgan fingerprint density at radius 1 is 1.67 bits per heavy atom. The van der Waals surface area contributed by atoms with Crippen molar-refractivity contribution in [3.63, 3.8) is 0 Å². The number of hydrogen-bond acceptors (Lipinski definition) is 3. The van der Waals surface area contributed by atoms with Crippen LogP contribution in [-0.2, 0) is 4.74 Å². The molecule has 0 radical (unpaired) electrons. The maximum Gasteiger partial charge on any atom is 0.0564 e. The van der Waals surface area contributed by atoms with Crippen LogP contribution in [-0.4, -0.2) is 25.1 Å². The molecule has 0 rings (SSSR count). The minimum atomic E-state index is -0.163. The molecule has 0 bridgehead atoms. The van der Waals surface area contributed by atoms with Crippen molar-refractivity contribution in [2.24, 2.45) is 10.6 Å². The molecule has 0 aromatic heterocycles. The van der Waals surface area contributed by atoms with Crippen molar-refractivity contribution < 1.29 is 9.94 Å². The summed E-state index contributed by atoms with van der Waals surface area (Å²) in [4.78, 5) is 0. The van der Waals surface area contributed by atoms with E-state index in [-0.39, 0.29) is 5.41 Å². The molecule has 0 aliphatic rings. The maximum atomic E-state index is 8.14. The Morgan fingerprint density at radius 3 is 2.56 bits per heavy atom. The summed E-state index contributed by atoms with van der Waals surface area (Å²) >= 11 is 0. The predicted molar refractivity (Wildman–Crippen MR) is 35.9 cm³/mol. The van der Waals surface area contributed by atoms with Crippen molar-refractivity contribution in [2.75, 3.05) is 13.7 Å². The Bertz CT molecular complexity index is 99.2. The predicted octanol–water partition coefficient (Wildman–Crippen LogP) is 1.12. The molecule has 9 heavy (non-hydrogen) atoms. The average Bonchev–Trinajstić information content (AvgIpc) is 1.64. The highest BCUT2D eigenvalue weighted by molar-refractivity contribution is 5.63. The highest BCUT2D eigenvalue weighted by Gasteiger charge is 2.13. The van der Waals surface area contributed by atoms with Gasteiger partial charge in [0.25, 0.3) is 0 Å². The summed E-state index contributed by atoms with van der Waals surface area (Å²) in [6, 6.07) is 0. The maximum absolute atomic E-state index is 8.14. The van der Waals surface area contributed by atoms with Crippen LogP contribution < -0.4 is 0 Å². The van der Waals surface area contributed by atoms with Crippen molar-refractivity contribution in [3.8, 4) is 0 Å². The Hall–Kier alpha value is -0.570. The molecular weight excluding hydrogens is 118 g/mol. The first-order valence-corrected chi connectivity index (χ1v) is 2.80. The van der Waals surface area contributed by atoms with Gasteiger partial charge < -0.3 is 9.94 Å². The third kappa shape index (κ3) is 3.97. The number of rotatable bonds is 3. The Balaban J connectivity index is 3.70. The fourth-order valence-corrected chi connectivity index (χ4v) is 0.566. The Labute approximate surface area is 55.3 Å². The second-order valence-corrected chi connectivity index (χ2v) is 2.67. The fourth-order valence-electron chi connectivity index (χ4n) is 0.566. The largest absolute Gasteiger partial charge is 0.411 e. The average molecular weight is 131 g/mol. The molecule has 0 aromatic carbocycles. The van der Waals surface area contributed by atoms with Gasteiger partial charge in [0.05, 0.1) is 12.8 Å². The fraction of sp³-hybridized carbons (Fsp3) is 0.833. The number of nitrogens with zero attached hydrogens (tertiary/aromatic N) is 1. The van der Waals surface area contributed by atoms with E-state index in [9.17, 15) is 0 Å². The van der Waals surface area contributed by atoms with Crippen LogP contribution in [0.4, 0.5) is 0 Å². The SMILES string of the molecule is COCC(C)(C)C=NO. The summed E-state index contributed by atoms with van der Waals surface area (Å²) in [6.07, 6.45) is 1.45. The summed E-state index contributed by atoms with van der Waals surface area (Å²) < 4.78 is 4.86. The van der Waals surface area contributed by atoms with Crippen LogP contribution in [0.1, 0.15) is 13.8 Å². The zero-order valence-electron chi connectivity index (χ0n) is 6.09. The molecule has 0 saturated carbocycles. The third-order valence-corrected chi connectivity index (χ3v) is 0.924. The standard InChI is InChI=1S/C6H13NO2/c1-6(2,4-7-8)5-9-3/h4,8H,5H2,1-3H3. The topological polar surface area (TPSA) is 41.8 Å². The first-order valence-electron chi connectivity index (χ1n) is 2.80. The zero-order chi connectivity index (χ0) is 7.33. The number of hydrogen-bond donors (Lipinski definition) is 1. The molecular formula is C6H13NO2. The van der Waals surface area contributed by atoms with Gasteiger partial charge in [-0.15, -0.1) is 5.16 Å². The lowest BCUT2D eigenvalue weighted by Gasteiger charge is -2.15. The molecule has 3 nitrogen and oxygen atoms in total. The quantitative estimate of drug-likeness (QED) is 0.354. The van der Waals surface area contributed by atoms with E-state index in [1.165, 1.54) is 6.21 Å². The summed E-state index contributed by atoms with van der Waals surface area (Å²) in [5, 5.41) is 11.1. The van der Waals surface area contributed by atoms with Crippen LogP contribution in [0.3, 0.4) is 0 Å². The Kier molecular flexibility index (Phi) is 3.24. The summed E-state index contributed by atoms with van der Waals surface area (Å²) in [7, 11) is 1.62. The monoisotopic (exact) mass is 131 g/mol. The lowest BCUT2D eigenvalue weighted by Crippen LogP contribution is -2.19. The van der Waals surface area contributed by atoms with E-state index in [1.54, 1.807) is 7.11 Å². The van der Waals surface area contributed by atoms with Gasteiger partial charge in [-0.05, 0) is 0 Å². The Morgan fingerprint density at radius 2 is 2.22 bits per heavy atom. The number of oxime groups is 1. The van der Waals surface area contributed by atoms with E-state index >= 15 is 0 Å². The lowest BCUT2D eigenvalue weighted by molar-refractivity contribution is 0.142. The van der Waals surface area contributed by atoms with E-state index in [0.717, 1.165) is 0 Å². The van der Waals surface area contributed by atoms with Gasteiger partial charge in [-0.25, -0.2) is 0 Å². The lowest BCUT2D eigenvalue weighted by atomic mass is 9.97. The molecule has 0 heterocycles. The van der Waals surface area contributed by atoms with E-state index in [2.05, 4.69) is 5.16 Å². The van der Waals surface area contributed by atoms with Crippen molar-refractivity contribution >= 4 is 6.21 Å². The smallest absolute Gasteiger partial charge is 0.0564 e. The van der Waals surface area contributed by atoms with Crippen LogP contribution in [0, 0.1) is 5.41 Å². The molecule has 0 amide bonds. The van der Waals surface area contributed by atoms with Crippen LogP contribution in [0.2, 0.25) is 0 Å². The normalized spacial score (nSPS) is 12.8. The highest BCUT2D eigenvalue weighted by Crippen LogP contribution is 2.10. The van der Waals surface area contributed by atoms with Crippen molar-refractivity contribution in [2.45, 2.75) is 13.8 Å². The van der Waals surface area contributed by atoms with Crippen molar-refractivity contribution in [1.82, 2.24) is 0 Å². The second-order valence-electron chi connectivity index (χ2n) is 2.67. The second kappa shape index (κ2) is 3.45. The summed E-state index contributed by atoms with van der Waals surface area (Å²) in [6.45, 7) is 4.42. The molecule has 0 unspecified atom stereocenters. The molecule has 3 heteroatoms. The van der Waals surface area contributed by atoms with E-state index in [0.29, 0.717) is 6.61 Å². The third-order valence-electron chi connectivity index (χ3n) is 0.924. The minimum absolute atomic E-state index is 0.163. The van der Waals surface area contributed by atoms with Gasteiger partial charge in [0.1, 0.15) is 0 Å². The molecule has 0 fully saturated rings. The van der Waals surface area contributed by atoms with E-state index < -0.39 is 0 Å². The molecule has 1 N–H and O–H groups in total. The molecule has 0 spiro atoms. The first kappa shape index (κ1) is 8.43. The van der Waals surface area contributed by atoms with Gasteiger partial charge in [0.2, 0.25) is 0 Å². The number of ether oxygens (including phenoxy) is 1. The van der Waals surface area contributed by atoms with Gasteiger partial charge >= 0.3 is 0 Å². The van der Waals surface area contributed by atoms with E-state index in [4.69, 9.17) is 9.94 Å². The molecule has 0 aromatic rings. The van der Waals surface area contributed by atoms with Crippen LogP contribution in [0.15, 0.2) is 5.16 Å². The highest BCUT2D eigenvalue weighted by atomic mass is 16.5. The molecule has 54 valence electrons.